The van der Waals surface area contributed by atoms with Gasteiger partial charge in [0, 0.05) is 53.6 Å². The lowest BCUT2D eigenvalue weighted by Crippen LogP contribution is -2.50. The highest BCUT2D eigenvalue weighted by atomic mass is 35.5. The number of thiophene rings is 1. The van der Waals surface area contributed by atoms with Crippen LogP contribution in [0.5, 0.6) is 0 Å². The summed E-state index contributed by atoms with van der Waals surface area (Å²) < 4.78 is 32.8. The second-order valence-electron chi connectivity index (χ2n) is 8.23. The lowest BCUT2D eigenvalue weighted by atomic mass is 10.0. The molecule has 13 heteroatoms. The number of rotatable bonds is 6. The molecule has 186 valence electrons. The van der Waals surface area contributed by atoms with Crippen molar-refractivity contribution in [2.75, 3.05) is 26.2 Å². The quantitative estimate of drug-likeness (QED) is 0.393. The third-order valence-electron chi connectivity index (χ3n) is 5.96. The Balaban J connectivity index is 1.26. The number of nitrogens with two attached hydrogens (primary N) is 1. The van der Waals surface area contributed by atoms with Gasteiger partial charge in [0.05, 0.1) is 0 Å². The Kier molecular flexibility index (Phi) is 6.51. The van der Waals surface area contributed by atoms with Crippen LogP contribution in [0.3, 0.4) is 0 Å². The molecule has 36 heavy (non-hydrogen) atoms. The van der Waals surface area contributed by atoms with E-state index in [4.69, 9.17) is 17.3 Å². The van der Waals surface area contributed by atoms with Crippen molar-refractivity contribution < 1.29 is 22.6 Å². The molecule has 0 spiro atoms. The molecule has 0 bridgehead atoms. The Morgan fingerprint density at radius 3 is 2.50 bits per heavy atom. The largest absolute Gasteiger partial charge is 0.366 e. The van der Waals surface area contributed by atoms with Crippen LogP contribution < -0.4 is 5.73 Å². The van der Waals surface area contributed by atoms with Gasteiger partial charge in [-0.2, -0.15) is 4.31 Å². The van der Waals surface area contributed by atoms with Crippen LogP contribution in [0.25, 0.3) is 11.0 Å². The summed E-state index contributed by atoms with van der Waals surface area (Å²) in [4.78, 5) is 27.0. The molecular weight excluding hydrogens is 526 g/mol. The Morgan fingerprint density at radius 1 is 1.00 bits per heavy atom. The summed E-state index contributed by atoms with van der Waals surface area (Å²) in [6.07, 6.45) is 0.326. The SMILES string of the molecule is NC(=O)c1ccc(Cl)cc1Cc1ccc(S(=O)(=O)N2CCN(C(=O)c3ccc4nonc4c3)CC2)s1. The first-order chi connectivity index (χ1) is 17.2. The van der Waals surface area contributed by atoms with Gasteiger partial charge in [-0.15, -0.1) is 11.3 Å². The minimum atomic E-state index is -3.74. The van der Waals surface area contributed by atoms with Gasteiger partial charge in [0.1, 0.15) is 15.2 Å². The molecule has 1 saturated heterocycles. The van der Waals surface area contributed by atoms with Gasteiger partial charge in [-0.05, 0) is 64.4 Å². The Bertz CT molecular complexity index is 1570. The monoisotopic (exact) mass is 545 g/mol. The van der Waals surface area contributed by atoms with Crippen molar-refractivity contribution in [2.24, 2.45) is 5.73 Å². The predicted molar refractivity (Wildman–Crippen MR) is 134 cm³/mol. The first kappa shape index (κ1) is 24.4. The lowest BCUT2D eigenvalue weighted by molar-refractivity contribution is 0.0698. The summed E-state index contributed by atoms with van der Waals surface area (Å²) in [5.74, 6) is -0.779. The van der Waals surface area contributed by atoms with Crippen LogP contribution in [-0.4, -0.2) is 65.9 Å². The van der Waals surface area contributed by atoms with Gasteiger partial charge in [-0.3, -0.25) is 9.59 Å². The van der Waals surface area contributed by atoms with Gasteiger partial charge in [-0.25, -0.2) is 13.0 Å². The highest BCUT2D eigenvalue weighted by Crippen LogP contribution is 2.29. The van der Waals surface area contributed by atoms with Crippen molar-refractivity contribution in [3.63, 3.8) is 0 Å². The molecule has 1 aliphatic heterocycles. The summed E-state index contributed by atoms with van der Waals surface area (Å²) in [7, 11) is -3.74. The van der Waals surface area contributed by atoms with E-state index in [2.05, 4.69) is 14.9 Å². The van der Waals surface area contributed by atoms with E-state index in [1.807, 2.05) is 0 Å². The third-order valence-corrected chi connectivity index (χ3v) is 9.64. The molecule has 1 fully saturated rings. The molecule has 0 unspecified atom stereocenters. The number of carbonyl (C=O) groups excluding carboxylic acids is 2. The van der Waals surface area contributed by atoms with Crippen molar-refractivity contribution >= 4 is 55.8 Å². The van der Waals surface area contributed by atoms with Crippen molar-refractivity contribution in [3.8, 4) is 0 Å². The number of nitrogens with zero attached hydrogens (tertiary/aromatic N) is 4. The summed E-state index contributed by atoms with van der Waals surface area (Å²) in [5.41, 5.74) is 7.91. The second kappa shape index (κ2) is 9.62. The highest BCUT2D eigenvalue weighted by Gasteiger charge is 2.31. The minimum Gasteiger partial charge on any atom is -0.366 e. The number of fused-ring (bicyclic) bond motifs is 1. The topological polar surface area (TPSA) is 140 Å². The number of piperazine rings is 1. The van der Waals surface area contributed by atoms with Crippen LogP contribution in [0.1, 0.15) is 31.2 Å². The standard InChI is InChI=1S/C23H20ClN5O5S2/c24-16-2-4-18(22(25)30)15(11-16)12-17-3-6-21(35-17)36(32,33)29-9-7-28(8-10-29)23(31)14-1-5-19-20(13-14)27-34-26-19/h1-6,11,13H,7-10,12H2,(H2,25,30). The zero-order valence-corrected chi connectivity index (χ0v) is 21.1. The molecule has 0 aliphatic carbocycles. The van der Waals surface area contributed by atoms with Crippen LogP contribution in [0.2, 0.25) is 5.02 Å². The molecule has 2 N–H and O–H groups in total. The fraction of sp³-hybridized carbons (Fsp3) is 0.217. The van der Waals surface area contributed by atoms with Gasteiger partial charge in [0.15, 0.2) is 0 Å². The van der Waals surface area contributed by atoms with Crippen molar-refractivity contribution in [1.29, 1.82) is 0 Å². The smallest absolute Gasteiger partial charge is 0.254 e. The molecule has 0 radical (unpaired) electrons. The number of halogens is 1. The van der Waals surface area contributed by atoms with Gasteiger partial charge in [0.25, 0.3) is 15.9 Å². The number of hydrogen-bond acceptors (Lipinski definition) is 8. The second-order valence-corrected chi connectivity index (χ2v) is 12.0. The average molecular weight is 546 g/mol. The number of benzene rings is 2. The number of primary amides is 1. The Morgan fingerprint density at radius 2 is 1.75 bits per heavy atom. The fourth-order valence-electron chi connectivity index (χ4n) is 4.09. The van der Waals surface area contributed by atoms with Crippen molar-refractivity contribution in [2.45, 2.75) is 10.6 Å². The summed E-state index contributed by atoms with van der Waals surface area (Å²) >= 11 is 7.20. The van der Waals surface area contributed by atoms with Gasteiger partial charge in [-0.1, -0.05) is 11.6 Å². The minimum absolute atomic E-state index is 0.176. The van der Waals surface area contributed by atoms with E-state index in [0.717, 1.165) is 16.2 Å². The Hall–Kier alpha value is -3.32. The zero-order valence-electron chi connectivity index (χ0n) is 18.8. The highest BCUT2D eigenvalue weighted by molar-refractivity contribution is 7.91. The molecule has 2 amide bonds. The average Bonchev–Trinajstić information content (AvgIpc) is 3.53. The number of amides is 2. The van der Waals surface area contributed by atoms with Crippen LogP contribution in [0.15, 0.2) is 57.4 Å². The molecule has 4 aromatic rings. The summed E-state index contributed by atoms with van der Waals surface area (Å²) in [6, 6.07) is 13.0. The maximum Gasteiger partial charge on any atom is 0.254 e. The van der Waals surface area contributed by atoms with Crippen molar-refractivity contribution in [1.82, 2.24) is 19.5 Å². The molecule has 2 aromatic carbocycles. The predicted octanol–water partition coefficient (Wildman–Crippen LogP) is 2.77. The molecule has 0 atom stereocenters. The third kappa shape index (κ3) is 4.72. The van der Waals surface area contributed by atoms with Crippen LogP contribution in [0, 0.1) is 0 Å². The molecule has 3 heterocycles. The molecule has 10 nitrogen and oxygen atoms in total. The van der Waals surface area contributed by atoms with E-state index in [1.165, 1.54) is 4.31 Å². The van der Waals surface area contributed by atoms with E-state index in [0.29, 0.717) is 39.2 Å². The first-order valence-corrected chi connectivity index (χ1v) is 13.5. The van der Waals surface area contributed by atoms with E-state index >= 15 is 0 Å². The van der Waals surface area contributed by atoms with Crippen LogP contribution in [0.4, 0.5) is 0 Å². The zero-order chi connectivity index (χ0) is 25.4. The molecule has 1 aliphatic rings. The Labute approximate surface area is 215 Å². The number of sulfonamides is 1. The van der Waals surface area contributed by atoms with Crippen LogP contribution in [-0.2, 0) is 16.4 Å². The lowest BCUT2D eigenvalue weighted by Gasteiger charge is -2.33. The molecule has 0 saturated carbocycles. The summed E-state index contributed by atoms with van der Waals surface area (Å²) in [6.45, 7) is 0.871. The molecule has 2 aromatic heterocycles. The van der Waals surface area contributed by atoms with E-state index < -0.39 is 15.9 Å². The maximum atomic E-state index is 13.3. The van der Waals surface area contributed by atoms with E-state index in [-0.39, 0.29) is 36.3 Å². The molecular formula is C23H20ClN5O5S2. The molecule has 5 rings (SSSR count). The maximum absolute atomic E-state index is 13.3. The normalized spacial score (nSPS) is 14.9. The van der Waals surface area contributed by atoms with E-state index in [9.17, 15) is 18.0 Å². The number of hydrogen-bond donors (Lipinski definition) is 1. The number of carbonyl (C=O) groups is 2. The van der Waals surface area contributed by atoms with Gasteiger partial charge in [0.2, 0.25) is 5.91 Å². The fourth-order valence-corrected chi connectivity index (χ4v) is 7.24. The van der Waals surface area contributed by atoms with Gasteiger partial charge < -0.3 is 10.6 Å². The summed E-state index contributed by atoms with van der Waals surface area (Å²) in [5, 5.41) is 7.95. The van der Waals surface area contributed by atoms with E-state index in [1.54, 1.807) is 53.4 Å². The van der Waals surface area contributed by atoms with Gasteiger partial charge >= 0.3 is 0 Å². The van der Waals surface area contributed by atoms with Crippen molar-refractivity contribution in [3.05, 3.63) is 75.1 Å². The van der Waals surface area contributed by atoms with Crippen LogP contribution >= 0.6 is 22.9 Å². The first-order valence-electron chi connectivity index (χ1n) is 10.9. The number of aromatic nitrogens is 2.